The first-order chi connectivity index (χ1) is 17.7. The maximum absolute atomic E-state index is 15.4. The summed E-state index contributed by atoms with van der Waals surface area (Å²) in [5.41, 5.74) is -4.07. The summed E-state index contributed by atoms with van der Waals surface area (Å²) in [6.45, 7) is 8.95. The third kappa shape index (κ3) is 4.36. The lowest BCUT2D eigenvalue weighted by Gasteiger charge is -2.23. The molecular weight excluding hydrogens is 496 g/mol. The zero-order valence-electron chi connectivity index (χ0n) is 20.7. The Balaban J connectivity index is 1.88. The molecule has 1 heterocycles. The van der Waals surface area contributed by atoms with Crippen LogP contribution in [0.15, 0.2) is 24.3 Å². The highest BCUT2D eigenvalue weighted by atomic mass is 19.2. The molecule has 0 radical (unpaired) electrons. The van der Waals surface area contributed by atoms with E-state index in [-0.39, 0.29) is 18.8 Å². The summed E-state index contributed by atoms with van der Waals surface area (Å²) in [5.74, 6) is -9.01. The van der Waals surface area contributed by atoms with Crippen molar-refractivity contribution in [2.24, 2.45) is 0 Å². The van der Waals surface area contributed by atoms with Gasteiger partial charge in [0.15, 0.2) is 34.9 Å². The van der Waals surface area contributed by atoms with Gasteiger partial charge in [-0.1, -0.05) is 0 Å². The van der Waals surface area contributed by atoms with Crippen molar-refractivity contribution < 1.29 is 26.3 Å². The Bertz CT molecular complexity index is 1470. The summed E-state index contributed by atoms with van der Waals surface area (Å²) in [5, 5.41) is 2.48. The Morgan fingerprint density at radius 2 is 1.03 bits per heavy atom. The van der Waals surface area contributed by atoms with Gasteiger partial charge in [-0.2, -0.15) is 0 Å². The summed E-state index contributed by atoms with van der Waals surface area (Å²) in [4.78, 5) is 10.6. The number of hydrogen-bond donors (Lipinski definition) is 1. The van der Waals surface area contributed by atoms with E-state index in [0.717, 1.165) is 18.8 Å². The number of hydrogen-bond acceptors (Lipinski definition) is 5. The third-order valence-corrected chi connectivity index (χ3v) is 6.31. The summed E-state index contributed by atoms with van der Waals surface area (Å²) >= 11 is 0. The highest BCUT2D eigenvalue weighted by Crippen LogP contribution is 2.36. The molecule has 0 atom stereocenters. The Morgan fingerprint density at radius 3 is 1.54 bits per heavy atom. The average Bonchev–Trinajstić information content (AvgIpc) is 2.91. The van der Waals surface area contributed by atoms with Gasteiger partial charge in [0.25, 0.3) is 0 Å². The van der Waals surface area contributed by atoms with Crippen molar-refractivity contribution in [2.45, 2.75) is 27.7 Å². The maximum Gasteiger partial charge on any atom is 0.189 e. The quantitative estimate of drug-likeness (QED) is 0.153. The number of anilines is 4. The normalized spacial score (nSPS) is 11.4. The Hall–Kier alpha value is -3.76. The van der Waals surface area contributed by atoms with Gasteiger partial charge in [0.1, 0.15) is 33.4 Å². The number of fused-ring (bicyclic) bond motifs is 2. The van der Waals surface area contributed by atoms with E-state index in [0.29, 0.717) is 0 Å². The van der Waals surface area contributed by atoms with Crippen molar-refractivity contribution in [1.29, 1.82) is 0 Å². The molecule has 0 bridgehead atoms. The van der Waals surface area contributed by atoms with Crippen LogP contribution >= 0.6 is 0 Å². The highest BCUT2D eigenvalue weighted by Gasteiger charge is 2.29. The third-order valence-electron chi connectivity index (χ3n) is 6.31. The topological polar surface area (TPSA) is 44.3 Å². The minimum atomic E-state index is -1.61. The van der Waals surface area contributed by atoms with Crippen LogP contribution in [0, 0.1) is 34.9 Å². The Labute approximate surface area is 209 Å². The second kappa shape index (κ2) is 10.3. The first-order valence-corrected chi connectivity index (χ1v) is 11.9. The molecule has 0 amide bonds. The lowest BCUT2D eigenvalue weighted by Crippen LogP contribution is -2.25. The molecule has 196 valence electrons. The second-order valence-electron chi connectivity index (χ2n) is 8.24. The lowest BCUT2D eigenvalue weighted by molar-refractivity contribution is 0.499. The predicted octanol–water partition coefficient (Wildman–Crippen LogP) is 7.05. The number of nitrogens with zero attached hydrogens (tertiary/aromatic N) is 4. The van der Waals surface area contributed by atoms with E-state index in [1.807, 2.05) is 13.8 Å². The van der Waals surface area contributed by atoms with Gasteiger partial charge in [-0.25, -0.2) is 36.3 Å². The minimum absolute atomic E-state index is 0.138. The number of rotatable bonds is 8. The molecule has 0 aliphatic carbocycles. The van der Waals surface area contributed by atoms with Gasteiger partial charge in [0.2, 0.25) is 0 Å². The van der Waals surface area contributed by atoms with Crippen LogP contribution in [0.25, 0.3) is 22.1 Å². The molecule has 4 aromatic rings. The van der Waals surface area contributed by atoms with Crippen molar-refractivity contribution in [1.82, 2.24) is 9.97 Å². The van der Waals surface area contributed by atoms with Gasteiger partial charge >= 0.3 is 0 Å². The Morgan fingerprint density at radius 1 is 0.568 bits per heavy atom. The van der Waals surface area contributed by atoms with Crippen LogP contribution in [-0.4, -0.2) is 36.1 Å². The molecule has 4 rings (SSSR count). The second-order valence-corrected chi connectivity index (χ2v) is 8.24. The molecule has 0 fully saturated rings. The van der Waals surface area contributed by atoms with Crippen LogP contribution in [0.4, 0.5) is 49.1 Å². The molecule has 5 nitrogen and oxygen atoms in total. The van der Waals surface area contributed by atoms with Crippen LogP contribution in [0.5, 0.6) is 0 Å². The van der Waals surface area contributed by atoms with Crippen molar-refractivity contribution in [3.05, 3.63) is 59.2 Å². The fraction of sp³-hybridized carbons (Fsp3) is 0.308. The molecule has 0 saturated heterocycles. The van der Waals surface area contributed by atoms with Crippen molar-refractivity contribution in [3.8, 4) is 0 Å². The summed E-state index contributed by atoms with van der Waals surface area (Å²) in [7, 11) is 0. The summed E-state index contributed by atoms with van der Waals surface area (Å²) < 4.78 is 90.4. The fourth-order valence-electron chi connectivity index (χ4n) is 4.31. The van der Waals surface area contributed by atoms with E-state index in [9.17, 15) is 13.2 Å². The first-order valence-electron chi connectivity index (χ1n) is 11.9. The van der Waals surface area contributed by atoms with E-state index in [4.69, 9.17) is 0 Å². The summed E-state index contributed by atoms with van der Waals surface area (Å²) in [6.07, 6.45) is 0. The van der Waals surface area contributed by atoms with E-state index < -0.39 is 68.3 Å². The molecule has 1 aromatic heterocycles. The summed E-state index contributed by atoms with van der Waals surface area (Å²) in [6, 6.07) is 6.56. The largest absolute Gasteiger partial charge is 0.372 e. The van der Waals surface area contributed by atoms with Gasteiger partial charge < -0.3 is 15.1 Å². The van der Waals surface area contributed by atoms with Gasteiger partial charge in [-0.15, -0.1) is 0 Å². The zero-order chi connectivity index (χ0) is 27.0. The monoisotopic (exact) mass is 521 g/mol. The molecule has 0 unspecified atom stereocenters. The molecular formula is C26H25F6N5. The minimum Gasteiger partial charge on any atom is -0.372 e. The average molecular weight is 522 g/mol. The molecule has 0 aliphatic rings. The standard InChI is InChI=1S/C26H25F6N5/c1-5-36(6-2)14-11-9-13(10-12-14)33-21-15(27)16(28)22-24(19(21)31)34-23-17(29)18(30)26(37(7-3)8-4)20(32)25(23)35-22/h9-12,33H,5-8H2,1-4H3. The van der Waals surface area contributed by atoms with Crippen LogP contribution in [0.3, 0.4) is 0 Å². The molecule has 0 saturated carbocycles. The first kappa shape index (κ1) is 26.3. The van der Waals surface area contributed by atoms with E-state index in [1.165, 1.54) is 4.90 Å². The zero-order valence-corrected chi connectivity index (χ0v) is 20.7. The molecule has 0 aliphatic heterocycles. The van der Waals surface area contributed by atoms with Gasteiger partial charge in [-0.3, -0.25) is 0 Å². The highest BCUT2D eigenvalue weighted by molar-refractivity contribution is 5.92. The van der Waals surface area contributed by atoms with Gasteiger partial charge in [0, 0.05) is 37.6 Å². The fourth-order valence-corrected chi connectivity index (χ4v) is 4.31. The van der Waals surface area contributed by atoms with Crippen LogP contribution in [0.2, 0.25) is 0 Å². The van der Waals surface area contributed by atoms with E-state index >= 15 is 13.2 Å². The van der Waals surface area contributed by atoms with Gasteiger partial charge in [0.05, 0.1) is 0 Å². The van der Waals surface area contributed by atoms with E-state index in [2.05, 4.69) is 20.2 Å². The van der Waals surface area contributed by atoms with Crippen molar-refractivity contribution in [3.63, 3.8) is 0 Å². The number of aromatic nitrogens is 2. The maximum atomic E-state index is 15.4. The van der Waals surface area contributed by atoms with Crippen LogP contribution in [-0.2, 0) is 0 Å². The molecule has 37 heavy (non-hydrogen) atoms. The molecule has 3 aromatic carbocycles. The molecule has 0 spiro atoms. The molecule has 11 heteroatoms. The molecule has 1 N–H and O–H groups in total. The van der Waals surface area contributed by atoms with Crippen molar-refractivity contribution >= 4 is 44.8 Å². The number of halogens is 6. The van der Waals surface area contributed by atoms with Crippen LogP contribution < -0.4 is 15.1 Å². The van der Waals surface area contributed by atoms with Crippen molar-refractivity contribution in [2.75, 3.05) is 41.3 Å². The number of benzene rings is 3. The predicted molar refractivity (Wildman–Crippen MR) is 134 cm³/mol. The smallest absolute Gasteiger partial charge is 0.189 e. The Kier molecular flexibility index (Phi) is 7.33. The van der Waals surface area contributed by atoms with Crippen LogP contribution in [0.1, 0.15) is 27.7 Å². The number of nitrogens with one attached hydrogen (secondary N) is 1. The lowest BCUT2D eigenvalue weighted by atomic mass is 10.1. The van der Waals surface area contributed by atoms with Gasteiger partial charge in [-0.05, 0) is 52.0 Å². The SMILES string of the molecule is CCN(CC)c1ccc(Nc2c(F)c(F)c3nc4c(F)c(N(CC)CC)c(F)c(F)c4nc3c2F)cc1. The van der Waals surface area contributed by atoms with E-state index in [1.54, 1.807) is 38.1 Å².